The van der Waals surface area contributed by atoms with Crippen LogP contribution in [0.3, 0.4) is 0 Å². The van der Waals surface area contributed by atoms with Gasteiger partial charge in [-0.05, 0) is 50.0 Å². The number of aliphatic hydroxyl groups is 2. The van der Waals surface area contributed by atoms with E-state index in [-0.39, 0.29) is 36.7 Å². The van der Waals surface area contributed by atoms with Gasteiger partial charge in [-0.15, -0.1) is 0 Å². The monoisotopic (exact) mass is 703 g/mol. The van der Waals surface area contributed by atoms with Crippen LogP contribution in [-0.4, -0.2) is 89.6 Å². The van der Waals surface area contributed by atoms with Crippen LogP contribution in [0, 0.1) is 17.8 Å². The Labute approximate surface area is 299 Å². The summed E-state index contributed by atoms with van der Waals surface area (Å²) in [4.78, 5) is 32.8. The molecule has 2 bridgehead atoms. The number of rotatable bonds is 4. The van der Waals surface area contributed by atoms with Gasteiger partial charge in [-0.1, -0.05) is 85.8 Å². The zero-order valence-corrected chi connectivity index (χ0v) is 30.1. The summed E-state index contributed by atoms with van der Waals surface area (Å²) in [6.07, 6.45) is 9.87. The van der Waals surface area contributed by atoms with Crippen molar-refractivity contribution in [1.82, 2.24) is 0 Å². The molecule has 0 aromatic heterocycles. The van der Waals surface area contributed by atoms with Gasteiger partial charge in [-0.25, -0.2) is 4.79 Å². The van der Waals surface area contributed by atoms with E-state index in [4.69, 9.17) is 28.5 Å². The van der Waals surface area contributed by atoms with Crippen molar-refractivity contribution in [3.63, 3.8) is 0 Å². The fourth-order valence-corrected chi connectivity index (χ4v) is 7.68. The van der Waals surface area contributed by atoms with Gasteiger partial charge in [0.25, 0.3) is 0 Å². The van der Waals surface area contributed by atoms with Gasteiger partial charge < -0.3 is 38.7 Å². The fourth-order valence-electron chi connectivity index (χ4n) is 7.68. The van der Waals surface area contributed by atoms with E-state index in [2.05, 4.69) is 18.2 Å². The van der Waals surface area contributed by atoms with E-state index in [1.807, 2.05) is 45.1 Å². The molecule has 1 aromatic carbocycles. The zero-order valence-electron chi connectivity index (χ0n) is 30.1. The van der Waals surface area contributed by atoms with Crippen molar-refractivity contribution in [1.29, 1.82) is 0 Å². The van der Waals surface area contributed by atoms with Crippen LogP contribution in [0.4, 0.5) is 0 Å². The minimum absolute atomic E-state index is 0.00424. The molecule has 0 amide bonds. The number of esters is 2. The number of carbonyl (C=O) groups excluding carboxylic acids is 2. The predicted molar refractivity (Wildman–Crippen MR) is 188 cm³/mol. The summed E-state index contributed by atoms with van der Waals surface area (Å²) in [5.74, 6) is -3.68. The summed E-state index contributed by atoms with van der Waals surface area (Å²) in [7, 11) is 1.37. The molecule has 0 unspecified atom stereocenters. The molecule has 2 N–H and O–H groups in total. The van der Waals surface area contributed by atoms with Crippen molar-refractivity contribution in [2.45, 2.75) is 102 Å². The third-order valence-corrected chi connectivity index (χ3v) is 10.7. The van der Waals surface area contributed by atoms with Crippen LogP contribution in [0.5, 0.6) is 0 Å². The number of ether oxygens (including phenoxy) is 5. The molecule has 1 aromatic rings. The highest BCUT2D eigenvalue weighted by atomic mass is 16.7. The molecule has 51 heavy (non-hydrogen) atoms. The first-order valence-electron chi connectivity index (χ1n) is 17.7. The Morgan fingerprint density at radius 1 is 1.02 bits per heavy atom. The molecule has 11 heteroatoms. The Kier molecular flexibility index (Phi) is 10.9. The molecular formula is C40H49NO10. The number of fused-ring (bicyclic) bond motifs is 2. The molecule has 11 atom stereocenters. The molecule has 274 valence electrons. The summed E-state index contributed by atoms with van der Waals surface area (Å²) in [5, 5.41) is 27.3. The standard InChI is InChI=1S/C40H49NO10/c1-23-17-18-39(50-27(23)5)21-31-20-30(51-39)16-15-25(3)35(49-38(44)33(41-46-6)28-12-8-7-9-13-28)24(2)11-10-14-29-22-47-36-34(42)26(4)19-32(37(43)48-31)40(29,36)45/h7-15,17-19,23-24,27,30-32,34-36,42,45H,16,20-22H2,1-6H3/b11-10+,25-15+,29-14+,41-33+/t23-,24-,27+,30+,31-,32-,34+,35+,36+,39-,40+/m0/s1. The Balaban J connectivity index is 1.40. The first kappa shape index (κ1) is 36.9. The van der Waals surface area contributed by atoms with E-state index in [0.29, 0.717) is 29.6 Å². The van der Waals surface area contributed by atoms with E-state index in [1.165, 1.54) is 7.11 Å². The summed E-state index contributed by atoms with van der Waals surface area (Å²) in [6, 6.07) is 8.96. The molecule has 1 spiro atoms. The Morgan fingerprint density at radius 3 is 2.51 bits per heavy atom. The largest absolute Gasteiger partial charge is 0.462 e. The Hall–Kier alpha value is -3.87. The number of carbonyl (C=O) groups is 2. The normalized spacial score (nSPS) is 41.3. The van der Waals surface area contributed by atoms with E-state index in [1.54, 1.807) is 49.4 Å². The van der Waals surface area contributed by atoms with E-state index in [0.717, 1.165) is 5.57 Å². The lowest BCUT2D eigenvalue weighted by Crippen LogP contribution is -2.58. The lowest BCUT2D eigenvalue weighted by Gasteiger charge is -2.46. The summed E-state index contributed by atoms with van der Waals surface area (Å²) in [5.41, 5.74) is 0.459. The lowest BCUT2D eigenvalue weighted by molar-refractivity contribution is -0.291. The first-order chi connectivity index (χ1) is 24.3. The molecule has 6 rings (SSSR count). The topological polar surface area (TPSA) is 142 Å². The van der Waals surface area contributed by atoms with Crippen LogP contribution in [0.15, 0.2) is 94.7 Å². The molecule has 2 fully saturated rings. The number of oxime groups is 1. The molecule has 5 aliphatic rings. The Morgan fingerprint density at radius 2 is 1.78 bits per heavy atom. The highest BCUT2D eigenvalue weighted by Crippen LogP contribution is 2.46. The van der Waals surface area contributed by atoms with Gasteiger partial charge in [-0.3, -0.25) is 4.79 Å². The SMILES string of the molecule is CO/N=C(/C(=O)O[C@H]1/C(C)=C/C[C@@H]2C[C@@H](C[C@]3(C=C[C@H](C)[C@@H](C)O3)O2)OC(=O)[C@@H]2C=C(C)[C@@H](O)[C@H]3OC/C(=C\C=C\[C@@H]1C)[C@]32O)c1ccccc1. The number of hydrogen-bond acceptors (Lipinski definition) is 11. The highest BCUT2D eigenvalue weighted by molar-refractivity contribution is 6.43. The molecular weight excluding hydrogens is 654 g/mol. The average Bonchev–Trinajstić information content (AvgIpc) is 3.44. The molecule has 1 aliphatic carbocycles. The van der Waals surface area contributed by atoms with Crippen LogP contribution in [0.1, 0.15) is 59.4 Å². The second-order valence-electron chi connectivity index (χ2n) is 14.4. The molecule has 4 aliphatic heterocycles. The van der Waals surface area contributed by atoms with Crippen LogP contribution in [0.25, 0.3) is 0 Å². The van der Waals surface area contributed by atoms with Gasteiger partial charge >= 0.3 is 11.9 Å². The number of hydrogen-bond donors (Lipinski definition) is 2. The minimum atomic E-state index is -1.85. The van der Waals surface area contributed by atoms with Crippen molar-refractivity contribution in [3.05, 3.63) is 95.1 Å². The van der Waals surface area contributed by atoms with Crippen molar-refractivity contribution in [2.24, 2.45) is 22.9 Å². The highest BCUT2D eigenvalue weighted by Gasteiger charge is 2.60. The van der Waals surface area contributed by atoms with Gasteiger partial charge in [0.1, 0.15) is 43.0 Å². The maximum Gasteiger partial charge on any atom is 0.361 e. The molecule has 0 saturated carbocycles. The van der Waals surface area contributed by atoms with Crippen LogP contribution >= 0.6 is 0 Å². The van der Waals surface area contributed by atoms with Crippen molar-refractivity contribution < 1.29 is 48.3 Å². The summed E-state index contributed by atoms with van der Waals surface area (Å²) >= 11 is 0. The van der Waals surface area contributed by atoms with Crippen molar-refractivity contribution in [2.75, 3.05) is 13.7 Å². The zero-order chi connectivity index (χ0) is 36.5. The first-order valence-corrected chi connectivity index (χ1v) is 17.7. The predicted octanol–water partition coefficient (Wildman–Crippen LogP) is 4.88. The van der Waals surface area contributed by atoms with E-state index < -0.39 is 59.8 Å². The number of aliphatic hydroxyl groups excluding tert-OH is 1. The maximum absolute atomic E-state index is 14.1. The third kappa shape index (κ3) is 7.41. The minimum Gasteiger partial charge on any atom is -0.462 e. The number of benzene rings is 1. The quantitative estimate of drug-likeness (QED) is 0.193. The van der Waals surface area contributed by atoms with Gasteiger partial charge in [0.05, 0.1) is 18.8 Å². The second-order valence-corrected chi connectivity index (χ2v) is 14.4. The molecule has 4 heterocycles. The Bertz CT molecular complexity index is 1660. The smallest absolute Gasteiger partial charge is 0.361 e. The second kappa shape index (κ2) is 15.0. The summed E-state index contributed by atoms with van der Waals surface area (Å²) in [6.45, 7) is 9.59. The van der Waals surface area contributed by atoms with Gasteiger partial charge in [0.15, 0.2) is 11.5 Å². The molecule has 11 nitrogen and oxygen atoms in total. The van der Waals surface area contributed by atoms with Gasteiger partial charge in [0, 0.05) is 30.2 Å². The number of nitrogens with zero attached hydrogens (tertiary/aromatic N) is 1. The van der Waals surface area contributed by atoms with E-state index >= 15 is 0 Å². The van der Waals surface area contributed by atoms with Crippen LogP contribution in [0.2, 0.25) is 0 Å². The fraction of sp³-hybridized carbons (Fsp3) is 0.525. The van der Waals surface area contributed by atoms with Crippen molar-refractivity contribution >= 4 is 17.7 Å². The maximum atomic E-state index is 14.1. The van der Waals surface area contributed by atoms with Crippen LogP contribution < -0.4 is 0 Å². The van der Waals surface area contributed by atoms with E-state index in [9.17, 15) is 19.8 Å². The van der Waals surface area contributed by atoms with Gasteiger partial charge in [0.2, 0.25) is 0 Å². The summed E-state index contributed by atoms with van der Waals surface area (Å²) < 4.78 is 31.5. The number of allylic oxidation sites excluding steroid dienone is 2. The third-order valence-electron chi connectivity index (χ3n) is 10.7. The van der Waals surface area contributed by atoms with Crippen LogP contribution in [-0.2, 0) is 38.1 Å². The molecule has 0 radical (unpaired) electrons. The van der Waals surface area contributed by atoms with Gasteiger partial charge in [-0.2, -0.15) is 0 Å². The van der Waals surface area contributed by atoms with Crippen molar-refractivity contribution in [3.8, 4) is 0 Å². The lowest BCUT2D eigenvalue weighted by atomic mass is 9.71. The average molecular weight is 704 g/mol. The molecule has 2 saturated heterocycles.